The molecule has 33 heavy (non-hydrogen) atoms. The Labute approximate surface area is 192 Å². The Hall–Kier alpha value is -3.39. The number of amides is 2. The second kappa shape index (κ2) is 9.23. The van der Waals surface area contributed by atoms with Crippen LogP contribution < -0.4 is 5.32 Å². The molecule has 1 atom stereocenters. The van der Waals surface area contributed by atoms with Gasteiger partial charge in [-0.3, -0.25) is 9.59 Å². The summed E-state index contributed by atoms with van der Waals surface area (Å²) in [6.45, 7) is 4.51. The maximum absolute atomic E-state index is 13.2. The van der Waals surface area contributed by atoms with Crippen LogP contribution in [0.25, 0.3) is 0 Å². The normalized spacial score (nSPS) is 18.7. The number of benzene rings is 1. The van der Waals surface area contributed by atoms with E-state index in [1.165, 1.54) is 5.56 Å². The van der Waals surface area contributed by atoms with Crippen LogP contribution in [0, 0.1) is 12.8 Å². The molecule has 2 aromatic heterocycles. The van der Waals surface area contributed by atoms with Gasteiger partial charge < -0.3 is 23.9 Å². The van der Waals surface area contributed by atoms with E-state index in [1.54, 1.807) is 23.6 Å². The molecule has 1 saturated heterocycles. The molecule has 0 aliphatic carbocycles. The van der Waals surface area contributed by atoms with Gasteiger partial charge in [0.1, 0.15) is 11.9 Å². The molecular weight excluding hydrogens is 420 g/mol. The van der Waals surface area contributed by atoms with E-state index in [4.69, 9.17) is 9.15 Å². The minimum Gasteiger partial charge on any atom is -0.467 e. The molecule has 1 N–H and O–H groups in total. The molecule has 8 heteroatoms. The number of carbonyl (C=O) groups excluding carboxylic acids is 2. The molecule has 1 fully saturated rings. The van der Waals surface area contributed by atoms with Crippen LogP contribution >= 0.6 is 0 Å². The number of carbonyl (C=O) groups is 2. The molecule has 2 aliphatic rings. The van der Waals surface area contributed by atoms with E-state index in [9.17, 15) is 9.59 Å². The van der Waals surface area contributed by atoms with Gasteiger partial charge in [0, 0.05) is 19.0 Å². The standard InChI is InChI=1S/C25H28N4O4/c1-17-4-6-18(7-5-17)22-14-29-16-27-23(21(29)15-33-22)25(31)28-10-8-19(9-11-28)24(30)26-13-20-3-2-12-32-20/h2-7,12,16,19,22H,8-11,13-15H2,1H3,(H,26,30)/t22-/m1/s1. The molecular formula is C25H28N4O4. The molecule has 0 saturated carbocycles. The molecule has 4 heterocycles. The van der Waals surface area contributed by atoms with Crippen LogP contribution in [0.4, 0.5) is 0 Å². The van der Waals surface area contributed by atoms with Crippen LogP contribution in [0.1, 0.15) is 52.0 Å². The molecule has 2 aliphatic heterocycles. The minimum atomic E-state index is -0.0986. The van der Waals surface area contributed by atoms with Crippen molar-refractivity contribution in [2.75, 3.05) is 13.1 Å². The van der Waals surface area contributed by atoms with Gasteiger partial charge in [0.05, 0.1) is 38.0 Å². The molecule has 0 radical (unpaired) electrons. The topological polar surface area (TPSA) is 89.6 Å². The quantitative estimate of drug-likeness (QED) is 0.647. The van der Waals surface area contributed by atoms with Gasteiger partial charge in [0.2, 0.25) is 5.91 Å². The van der Waals surface area contributed by atoms with Crippen LogP contribution in [-0.2, 0) is 29.2 Å². The third-order valence-electron chi connectivity index (χ3n) is 6.55. The second-order valence-corrected chi connectivity index (χ2v) is 8.77. The van der Waals surface area contributed by atoms with Crippen molar-refractivity contribution in [2.45, 2.75) is 45.6 Å². The highest BCUT2D eigenvalue weighted by molar-refractivity contribution is 5.93. The molecule has 172 valence electrons. The average molecular weight is 449 g/mol. The van der Waals surface area contributed by atoms with Crippen LogP contribution in [0.3, 0.4) is 0 Å². The smallest absolute Gasteiger partial charge is 0.274 e. The molecule has 0 unspecified atom stereocenters. The van der Waals surface area contributed by atoms with Crippen molar-refractivity contribution >= 4 is 11.8 Å². The third kappa shape index (κ3) is 4.57. The van der Waals surface area contributed by atoms with Gasteiger partial charge in [0.25, 0.3) is 5.91 Å². The lowest BCUT2D eigenvalue weighted by Gasteiger charge is -2.31. The number of rotatable bonds is 5. The summed E-state index contributed by atoms with van der Waals surface area (Å²) in [5, 5.41) is 2.92. The van der Waals surface area contributed by atoms with Crippen molar-refractivity contribution in [3.63, 3.8) is 0 Å². The SMILES string of the molecule is Cc1ccc([C@H]2Cn3cnc(C(=O)N4CCC(C(=O)NCc5ccco5)CC4)c3CO2)cc1. The van der Waals surface area contributed by atoms with Crippen molar-refractivity contribution in [1.82, 2.24) is 19.8 Å². The van der Waals surface area contributed by atoms with Crippen LogP contribution in [0.5, 0.6) is 0 Å². The molecule has 2 amide bonds. The van der Waals surface area contributed by atoms with Gasteiger partial charge in [-0.2, -0.15) is 0 Å². The van der Waals surface area contributed by atoms with E-state index in [1.807, 2.05) is 10.6 Å². The first-order valence-electron chi connectivity index (χ1n) is 11.4. The number of furan rings is 1. The van der Waals surface area contributed by atoms with E-state index in [-0.39, 0.29) is 23.8 Å². The van der Waals surface area contributed by atoms with Crippen LogP contribution in [0.2, 0.25) is 0 Å². The van der Waals surface area contributed by atoms with E-state index in [0.717, 1.165) is 17.0 Å². The number of aromatic nitrogens is 2. The summed E-state index contributed by atoms with van der Waals surface area (Å²) in [4.78, 5) is 31.9. The maximum Gasteiger partial charge on any atom is 0.274 e. The fourth-order valence-electron chi connectivity index (χ4n) is 4.51. The Balaban J connectivity index is 1.17. The van der Waals surface area contributed by atoms with Gasteiger partial charge in [-0.15, -0.1) is 0 Å². The monoisotopic (exact) mass is 448 g/mol. The number of piperidine rings is 1. The zero-order valence-corrected chi connectivity index (χ0v) is 18.7. The number of imidazole rings is 1. The number of hydrogen-bond donors (Lipinski definition) is 1. The summed E-state index contributed by atoms with van der Waals surface area (Å²) in [5.41, 5.74) is 3.62. The highest BCUT2D eigenvalue weighted by atomic mass is 16.5. The van der Waals surface area contributed by atoms with Crippen LogP contribution in [0.15, 0.2) is 53.4 Å². The summed E-state index contributed by atoms with van der Waals surface area (Å²) in [6.07, 6.45) is 4.55. The zero-order valence-electron chi connectivity index (χ0n) is 18.7. The van der Waals surface area contributed by atoms with Gasteiger partial charge in [0.15, 0.2) is 5.69 Å². The molecule has 8 nitrogen and oxygen atoms in total. The molecule has 0 bridgehead atoms. The summed E-state index contributed by atoms with van der Waals surface area (Å²) >= 11 is 0. The highest BCUT2D eigenvalue weighted by Crippen LogP contribution is 2.29. The number of likely N-dealkylation sites (tertiary alicyclic amines) is 1. The highest BCUT2D eigenvalue weighted by Gasteiger charge is 2.32. The van der Waals surface area contributed by atoms with Crippen LogP contribution in [-0.4, -0.2) is 39.4 Å². The first-order chi connectivity index (χ1) is 16.1. The average Bonchev–Trinajstić information content (AvgIpc) is 3.52. The van der Waals surface area contributed by atoms with Crippen molar-refractivity contribution in [3.05, 3.63) is 77.3 Å². The molecule has 0 spiro atoms. The predicted octanol–water partition coefficient (Wildman–Crippen LogP) is 3.22. The van der Waals surface area contributed by atoms with Crippen molar-refractivity contribution < 1.29 is 18.7 Å². The molecule has 5 rings (SSSR count). The van der Waals surface area contributed by atoms with Gasteiger partial charge >= 0.3 is 0 Å². The lowest BCUT2D eigenvalue weighted by atomic mass is 9.95. The van der Waals surface area contributed by atoms with E-state index in [2.05, 4.69) is 41.5 Å². The first-order valence-corrected chi connectivity index (χ1v) is 11.4. The third-order valence-corrected chi connectivity index (χ3v) is 6.55. The Kier molecular flexibility index (Phi) is 6.00. The van der Waals surface area contributed by atoms with Crippen molar-refractivity contribution in [2.24, 2.45) is 5.92 Å². The largest absolute Gasteiger partial charge is 0.467 e. The van der Waals surface area contributed by atoms with E-state index >= 15 is 0 Å². The number of ether oxygens (including phenoxy) is 1. The summed E-state index contributed by atoms with van der Waals surface area (Å²) in [7, 11) is 0. The Morgan fingerprint density at radius 1 is 1.15 bits per heavy atom. The second-order valence-electron chi connectivity index (χ2n) is 8.77. The van der Waals surface area contributed by atoms with Crippen molar-refractivity contribution in [3.8, 4) is 0 Å². The number of aryl methyl sites for hydroxylation is 1. The number of nitrogens with zero attached hydrogens (tertiary/aromatic N) is 3. The zero-order chi connectivity index (χ0) is 22.8. The number of nitrogens with one attached hydrogen (secondary N) is 1. The van der Waals surface area contributed by atoms with Gasteiger partial charge in [-0.05, 0) is 37.5 Å². The fourth-order valence-corrected chi connectivity index (χ4v) is 4.51. The first kappa shape index (κ1) is 21.5. The maximum atomic E-state index is 13.2. The summed E-state index contributed by atoms with van der Waals surface area (Å²) in [6, 6.07) is 12.0. The van der Waals surface area contributed by atoms with Crippen molar-refractivity contribution in [1.29, 1.82) is 0 Å². The van der Waals surface area contributed by atoms with E-state index < -0.39 is 0 Å². The lowest BCUT2D eigenvalue weighted by molar-refractivity contribution is -0.126. The predicted molar refractivity (Wildman–Crippen MR) is 120 cm³/mol. The minimum absolute atomic E-state index is 0.00779. The number of hydrogen-bond acceptors (Lipinski definition) is 5. The molecule has 1 aromatic carbocycles. The Morgan fingerprint density at radius 2 is 1.94 bits per heavy atom. The van der Waals surface area contributed by atoms with E-state index in [0.29, 0.717) is 51.3 Å². The Morgan fingerprint density at radius 3 is 2.67 bits per heavy atom. The molecule has 3 aromatic rings. The van der Waals surface area contributed by atoms with Gasteiger partial charge in [-0.25, -0.2) is 4.98 Å². The van der Waals surface area contributed by atoms with Gasteiger partial charge in [-0.1, -0.05) is 29.8 Å². The fraction of sp³-hybridized carbons (Fsp3) is 0.400. The summed E-state index contributed by atoms with van der Waals surface area (Å²) < 4.78 is 13.4. The summed E-state index contributed by atoms with van der Waals surface area (Å²) in [5.74, 6) is 0.551. The Bertz CT molecular complexity index is 1110. The number of fused-ring (bicyclic) bond motifs is 1. The lowest BCUT2D eigenvalue weighted by Crippen LogP contribution is -2.43.